The Morgan fingerprint density at radius 3 is 2.36 bits per heavy atom. The van der Waals surface area contributed by atoms with Crippen LogP contribution in [0.3, 0.4) is 0 Å². The van der Waals surface area contributed by atoms with E-state index in [1.165, 1.54) is 0 Å². The molecule has 0 radical (unpaired) electrons. The lowest BCUT2D eigenvalue weighted by Crippen LogP contribution is -2.51. The normalized spacial score (nSPS) is 18.0. The number of nitrogens with one attached hydrogen (secondary N) is 1. The van der Waals surface area contributed by atoms with E-state index in [9.17, 15) is 10.1 Å². The Balaban J connectivity index is 1.93. The monoisotopic (exact) mass is 342 g/mol. The molecule has 1 atom stereocenters. The molecule has 1 aromatic carbocycles. The van der Waals surface area contributed by atoms with Crippen molar-refractivity contribution < 1.29 is 4.79 Å². The fourth-order valence-corrected chi connectivity index (χ4v) is 3.63. The summed E-state index contributed by atoms with van der Waals surface area (Å²) in [4.78, 5) is 16.5. The van der Waals surface area contributed by atoms with E-state index in [0.717, 1.165) is 5.56 Å². The standard InChI is InChI=1S/C20H30N4O/c1-16(2)18(23(3)4)14-22-19(25)24-12-10-20(15-21,11-13-24)17-8-6-5-7-9-17/h5-9,16,18H,10-14H2,1-4H3,(H,22,25)/t18-/m0/s1. The largest absolute Gasteiger partial charge is 0.336 e. The summed E-state index contributed by atoms with van der Waals surface area (Å²) in [5.41, 5.74) is 0.590. The topological polar surface area (TPSA) is 59.4 Å². The smallest absolute Gasteiger partial charge is 0.317 e. The number of carbonyl (C=O) groups excluding carboxylic acids is 1. The van der Waals surface area contributed by atoms with E-state index in [1.807, 2.05) is 49.3 Å². The number of hydrogen-bond acceptors (Lipinski definition) is 3. The molecule has 5 heteroatoms. The molecule has 136 valence electrons. The highest BCUT2D eigenvalue weighted by atomic mass is 16.2. The molecule has 1 aromatic rings. The molecule has 0 unspecified atom stereocenters. The Morgan fingerprint density at radius 2 is 1.88 bits per heavy atom. The van der Waals surface area contributed by atoms with Gasteiger partial charge >= 0.3 is 6.03 Å². The molecule has 2 amide bonds. The van der Waals surface area contributed by atoms with Gasteiger partial charge in [0.2, 0.25) is 0 Å². The van der Waals surface area contributed by atoms with Crippen LogP contribution in [0, 0.1) is 17.2 Å². The summed E-state index contributed by atoms with van der Waals surface area (Å²) in [5.74, 6) is 0.473. The maximum atomic E-state index is 12.5. The molecule has 0 aromatic heterocycles. The number of nitrogens with zero attached hydrogens (tertiary/aromatic N) is 3. The molecule has 1 N–H and O–H groups in total. The van der Waals surface area contributed by atoms with Gasteiger partial charge in [0.05, 0.1) is 11.5 Å². The molecule has 1 aliphatic heterocycles. The van der Waals surface area contributed by atoms with Gasteiger partial charge in [-0.2, -0.15) is 5.26 Å². The minimum Gasteiger partial charge on any atom is -0.336 e. The van der Waals surface area contributed by atoms with Gasteiger partial charge in [0.1, 0.15) is 0 Å². The van der Waals surface area contributed by atoms with Crippen LogP contribution in [-0.2, 0) is 5.41 Å². The second-order valence-electron chi connectivity index (χ2n) is 7.51. The van der Waals surface area contributed by atoms with Crippen molar-refractivity contribution in [3.63, 3.8) is 0 Å². The number of benzene rings is 1. The second-order valence-corrected chi connectivity index (χ2v) is 7.51. The predicted molar refractivity (Wildman–Crippen MR) is 100 cm³/mol. The van der Waals surface area contributed by atoms with Crippen molar-refractivity contribution in [3.05, 3.63) is 35.9 Å². The lowest BCUT2D eigenvalue weighted by Gasteiger charge is -2.38. The third-order valence-electron chi connectivity index (χ3n) is 5.34. The second kappa shape index (κ2) is 8.35. The van der Waals surface area contributed by atoms with E-state index in [2.05, 4.69) is 30.1 Å². The Kier molecular flexibility index (Phi) is 6.44. The number of amides is 2. The van der Waals surface area contributed by atoms with E-state index in [0.29, 0.717) is 44.4 Å². The molecular weight excluding hydrogens is 312 g/mol. The van der Waals surface area contributed by atoms with Gasteiger partial charge in [-0.1, -0.05) is 44.2 Å². The maximum Gasteiger partial charge on any atom is 0.317 e. The van der Waals surface area contributed by atoms with Gasteiger partial charge in [-0.05, 0) is 38.4 Å². The van der Waals surface area contributed by atoms with Crippen LogP contribution in [0.4, 0.5) is 4.79 Å². The van der Waals surface area contributed by atoms with Crippen molar-refractivity contribution in [2.24, 2.45) is 5.92 Å². The maximum absolute atomic E-state index is 12.5. The predicted octanol–water partition coefficient (Wildman–Crippen LogP) is 2.84. The van der Waals surface area contributed by atoms with E-state index in [-0.39, 0.29) is 6.03 Å². The van der Waals surface area contributed by atoms with Crippen molar-refractivity contribution in [2.45, 2.75) is 38.1 Å². The number of rotatable bonds is 5. The highest BCUT2D eigenvalue weighted by Crippen LogP contribution is 2.34. The van der Waals surface area contributed by atoms with Crippen molar-refractivity contribution in [2.75, 3.05) is 33.7 Å². The number of carbonyl (C=O) groups is 1. The van der Waals surface area contributed by atoms with Crippen LogP contribution < -0.4 is 5.32 Å². The van der Waals surface area contributed by atoms with Gasteiger partial charge in [-0.15, -0.1) is 0 Å². The first-order valence-corrected chi connectivity index (χ1v) is 9.05. The summed E-state index contributed by atoms with van der Waals surface area (Å²) in [6.07, 6.45) is 1.37. The number of piperidine rings is 1. The lowest BCUT2D eigenvalue weighted by molar-refractivity contribution is 0.163. The van der Waals surface area contributed by atoms with Crippen molar-refractivity contribution >= 4 is 6.03 Å². The Hall–Kier alpha value is -2.06. The highest BCUT2D eigenvalue weighted by Gasteiger charge is 2.37. The summed E-state index contributed by atoms with van der Waals surface area (Å²) < 4.78 is 0. The van der Waals surface area contributed by atoms with Crippen LogP contribution in [0.15, 0.2) is 30.3 Å². The summed E-state index contributed by atoms with van der Waals surface area (Å²) in [5, 5.41) is 12.8. The van der Waals surface area contributed by atoms with Gasteiger partial charge in [0, 0.05) is 25.7 Å². The minimum absolute atomic E-state index is 0.0212. The average Bonchev–Trinajstić information content (AvgIpc) is 2.62. The molecule has 1 aliphatic rings. The SMILES string of the molecule is CC(C)[C@H](CNC(=O)N1CCC(C#N)(c2ccccc2)CC1)N(C)C. The van der Waals surface area contributed by atoms with Crippen LogP contribution in [0.2, 0.25) is 0 Å². The average molecular weight is 342 g/mol. The number of hydrogen-bond donors (Lipinski definition) is 1. The molecule has 1 fully saturated rings. The third kappa shape index (κ3) is 4.52. The summed E-state index contributed by atoms with van der Waals surface area (Å²) in [6, 6.07) is 12.7. The van der Waals surface area contributed by atoms with Gasteiger partial charge in [-0.25, -0.2) is 4.79 Å². The first-order valence-electron chi connectivity index (χ1n) is 9.05. The van der Waals surface area contributed by atoms with Crippen LogP contribution in [0.5, 0.6) is 0 Å². The van der Waals surface area contributed by atoms with Gasteiger partial charge in [-0.3, -0.25) is 0 Å². The summed E-state index contributed by atoms with van der Waals surface area (Å²) in [7, 11) is 4.08. The summed E-state index contributed by atoms with van der Waals surface area (Å²) in [6.45, 7) is 6.20. The summed E-state index contributed by atoms with van der Waals surface area (Å²) >= 11 is 0. The number of likely N-dealkylation sites (N-methyl/N-ethyl adjacent to an activating group) is 1. The zero-order valence-electron chi connectivity index (χ0n) is 15.8. The fraction of sp³-hybridized carbons (Fsp3) is 0.600. The number of urea groups is 1. The van der Waals surface area contributed by atoms with E-state index in [1.54, 1.807) is 0 Å². The van der Waals surface area contributed by atoms with Crippen molar-refractivity contribution in [1.82, 2.24) is 15.1 Å². The van der Waals surface area contributed by atoms with Crippen molar-refractivity contribution in [1.29, 1.82) is 5.26 Å². The first-order chi connectivity index (χ1) is 11.9. The number of likely N-dealkylation sites (tertiary alicyclic amines) is 1. The van der Waals surface area contributed by atoms with Crippen LogP contribution in [-0.4, -0.2) is 55.6 Å². The molecule has 25 heavy (non-hydrogen) atoms. The molecule has 0 bridgehead atoms. The molecule has 5 nitrogen and oxygen atoms in total. The van der Waals surface area contributed by atoms with Gasteiger partial charge < -0.3 is 15.1 Å². The third-order valence-corrected chi connectivity index (χ3v) is 5.34. The number of nitriles is 1. The fourth-order valence-electron chi connectivity index (χ4n) is 3.63. The molecule has 2 rings (SSSR count). The Labute approximate surface area is 151 Å². The quantitative estimate of drug-likeness (QED) is 0.895. The first kappa shape index (κ1) is 19.3. The Morgan fingerprint density at radius 1 is 1.28 bits per heavy atom. The Bertz CT molecular complexity index is 590. The zero-order valence-corrected chi connectivity index (χ0v) is 15.8. The van der Waals surface area contributed by atoms with Gasteiger partial charge in [0.15, 0.2) is 0 Å². The van der Waals surface area contributed by atoms with Crippen LogP contribution in [0.1, 0.15) is 32.3 Å². The molecular formula is C20H30N4O. The van der Waals surface area contributed by atoms with Gasteiger partial charge in [0.25, 0.3) is 0 Å². The van der Waals surface area contributed by atoms with E-state index >= 15 is 0 Å². The molecule has 1 heterocycles. The highest BCUT2D eigenvalue weighted by molar-refractivity contribution is 5.74. The van der Waals surface area contributed by atoms with E-state index < -0.39 is 5.41 Å². The van der Waals surface area contributed by atoms with Crippen molar-refractivity contribution in [3.8, 4) is 6.07 Å². The zero-order chi connectivity index (χ0) is 18.4. The molecule has 0 saturated carbocycles. The molecule has 1 saturated heterocycles. The van der Waals surface area contributed by atoms with Crippen LogP contribution in [0.25, 0.3) is 0 Å². The minimum atomic E-state index is -0.470. The lowest BCUT2D eigenvalue weighted by atomic mass is 9.74. The van der Waals surface area contributed by atoms with E-state index in [4.69, 9.17) is 0 Å². The van der Waals surface area contributed by atoms with Crippen LogP contribution >= 0.6 is 0 Å². The molecule has 0 aliphatic carbocycles. The molecule has 0 spiro atoms.